The summed E-state index contributed by atoms with van der Waals surface area (Å²) in [5.74, 6) is -5.48. The van der Waals surface area contributed by atoms with Gasteiger partial charge in [0.1, 0.15) is 0 Å². The minimum atomic E-state index is -1.66. The Balaban J connectivity index is 1.66. The summed E-state index contributed by atoms with van der Waals surface area (Å²) in [6, 6.07) is 11.0. The largest absolute Gasteiger partial charge is 0.346 e. The maximum Gasteiger partial charge on any atom is 0.243 e. The molecule has 0 heterocycles. The zero-order chi connectivity index (χ0) is 19.4. The molecule has 0 atom stereocenters. The van der Waals surface area contributed by atoms with E-state index in [0.29, 0.717) is 12.8 Å². The summed E-state index contributed by atoms with van der Waals surface area (Å²) in [6.45, 7) is -0.397. The number of halogens is 3. The van der Waals surface area contributed by atoms with Gasteiger partial charge in [0.15, 0.2) is 17.5 Å². The van der Waals surface area contributed by atoms with Crippen LogP contribution < -0.4 is 10.6 Å². The fourth-order valence-electron chi connectivity index (χ4n) is 3.53. The van der Waals surface area contributed by atoms with Crippen LogP contribution in [0.4, 0.5) is 18.9 Å². The van der Waals surface area contributed by atoms with Crippen molar-refractivity contribution in [2.75, 3.05) is 11.9 Å². The Kier molecular flexibility index (Phi) is 5.48. The molecule has 0 aliphatic heterocycles. The molecule has 142 valence electrons. The van der Waals surface area contributed by atoms with Gasteiger partial charge in [0, 0.05) is 0 Å². The molecule has 1 aliphatic carbocycles. The topological polar surface area (TPSA) is 58.2 Å². The van der Waals surface area contributed by atoms with Gasteiger partial charge < -0.3 is 10.6 Å². The van der Waals surface area contributed by atoms with Crippen LogP contribution >= 0.6 is 0 Å². The van der Waals surface area contributed by atoms with E-state index in [9.17, 15) is 22.8 Å². The number of hydrogen-bond donors (Lipinski definition) is 2. The van der Waals surface area contributed by atoms with E-state index in [0.717, 1.165) is 30.5 Å². The van der Waals surface area contributed by atoms with Gasteiger partial charge in [-0.25, -0.2) is 13.2 Å². The maximum atomic E-state index is 13.6. The highest BCUT2D eigenvalue weighted by Gasteiger charge is 2.42. The van der Waals surface area contributed by atoms with E-state index >= 15 is 0 Å². The number of benzene rings is 2. The monoisotopic (exact) mass is 376 g/mol. The third-order valence-corrected chi connectivity index (χ3v) is 4.94. The summed E-state index contributed by atoms with van der Waals surface area (Å²) in [5, 5.41) is 4.73. The van der Waals surface area contributed by atoms with Crippen molar-refractivity contribution in [2.24, 2.45) is 0 Å². The molecule has 1 aliphatic rings. The molecule has 0 radical (unpaired) electrons. The molecule has 2 aromatic carbocycles. The fourth-order valence-corrected chi connectivity index (χ4v) is 3.53. The Morgan fingerprint density at radius 1 is 0.926 bits per heavy atom. The quantitative estimate of drug-likeness (QED) is 0.783. The number of amides is 2. The van der Waals surface area contributed by atoms with Crippen LogP contribution in [0.5, 0.6) is 0 Å². The average Bonchev–Trinajstić information content (AvgIpc) is 3.18. The minimum Gasteiger partial charge on any atom is -0.346 e. The second-order valence-corrected chi connectivity index (χ2v) is 6.61. The first kappa shape index (κ1) is 18.9. The Labute approximate surface area is 154 Å². The molecule has 1 fully saturated rings. The van der Waals surface area contributed by atoms with Crippen molar-refractivity contribution in [3.63, 3.8) is 0 Å². The van der Waals surface area contributed by atoms with Crippen LogP contribution in [0, 0.1) is 17.5 Å². The summed E-state index contributed by atoms with van der Waals surface area (Å²) in [6.07, 6.45) is 3.19. The van der Waals surface area contributed by atoms with Crippen LogP contribution in [-0.2, 0) is 15.0 Å². The Bertz CT molecular complexity index is 850. The van der Waals surface area contributed by atoms with Gasteiger partial charge in [0.2, 0.25) is 11.8 Å². The van der Waals surface area contributed by atoms with E-state index in [1.165, 1.54) is 0 Å². The molecule has 1 saturated carbocycles. The Morgan fingerprint density at radius 3 is 2.26 bits per heavy atom. The number of hydrogen-bond acceptors (Lipinski definition) is 2. The van der Waals surface area contributed by atoms with Gasteiger partial charge in [-0.05, 0) is 30.5 Å². The van der Waals surface area contributed by atoms with Crippen LogP contribution in [0.3, 0.4) is 0 Å². The molecule has 0 aromatic heterocycles. The Hall–Kier alpha value is -2.83. The van der Waals surface area contributed by atoms with E-state index in [-0.39, 0.29) is 5.91 Å². The molecule has 2 N–H and O–H groups in total. The molecule has 0 bridgehead atoms. The molecule has 7 heteroatoms. The van der Waals surface area contributed by atoms with E-state index in [1.807, 2.05) is 30.3 Å². The predicted molar refractivity (Wildman–Crippen MR) is 94.5 cm³/mol. The maximum absolute atomic E-state index is 13.6. The summed E-state index contributed by atoms with van der Waals surface area (Å²) in [5.41, 5.74) is -0.270. The van der Waals surface area contributed by atoms with E-state index in [4.69, 9.17) is 0 Å². The molecule has 2 aromatic rings. The summed E-state index contributed by atoms with van der Waals surface area (Å²) in [7, 11) is 0. The lowest BCUT2D eigenvalue weighted by Gasteiger charge is -2.28. The van der Waals surface area contributed by atoms with Gasteiger partial charge in [-0.15, -0.1) is 0 Å². The standard InChI is InChI=1S/C20H19F3N2O2/c21-14-8-9-15(18(23)17(14)22)25-16(26)12-24-19(27)20(10-4-5-11-20)13-6-2-1-3-7-13/h1-3,6-9H,4-5,10-12H2,(H,24,27)(H,25,26). The smallest absolute Gasteiger partial charge is 0.243 e. The van der Waals surface area contributed by atoms with Gasteiger partial charge in [-0.2, -0.15) is 0 Å². The first-order valence-electron chi connectivity index (χ1n) is 8.71. The van der Waals surface area contributed by atoms with Gasteiger partial charge in [-0.1, -0.05) is 43.2 Å². The molecular weight excluding hydrogens is 357 g/mol. The molecule has 0 saturated heterocycles. The molecule has 27 heavy (non-hydrogen) atoms. The first-order chi connectivity index (χ1) is 12.9. The molecule has 0 spiro atoms. The van der Waals surface area contributed by atoms with E-state index in [1.54, 1.807) is 0 Å². The van der Waals surface area contributed by atoms with Gasteiger partial charge in [-0.3, -0.25) is 9.59 Å². The lowest BCUT2D eigenvalue weighted by Crippen LogP contribution is -2.45. The van der Waals surface area contributed by atoms with Crippen LogP contribution in [0.2, 0.25) is 0 Å². The van der Waals surface area contributed by atoms with Crippen molar-refractivity contribution in [1.82, 2.24) is 5.32 Å². The summed E-state index contributed by atoms with van der Waals surface area (Å²) < 4.78 is 39.8. The highest BCUT2D eigenvalue weighted by Crippen LogP contribution is 2.41. The second kappa shape index (κ2) is 7.82. The van der Waals surface area contributed by atoms with Crippen molar-refractivity contribution >= 4 is 17.5 Å². The lowest BCUT2D eigenvalue weighted by atomic mass is 9.78. The predicted octanol–water partition coefficient (Wildman–Crippen LogP) is 3.67. The van der Waals surface area contributed by atoms with Crippen LogP contribution in [-0.4, -0.2) is 18.4 Å². The summed E-state index contributed by atoms with van der Waals surface area (Å²) >= 11 is 0. The van der Waals surface area contributed by atoms with E-state index < -0.39 is 41.0 Å². The third-order valence-electron chi connectivity index (χ3n) is 4.94. The van der Waals surface area contributed by atoms with Crippen molar-refractivity contribution in [3.8, 4) is 0 Å². The fraction of sp³-hybridized carbons (Fsp3) is 0.300. The number of rotatable bonds is 5. The number of carbonyl (C=O) groups is 2. The van der Waals surface area contributed by atoms with E-state index in [2.05, 4.69) is 10.6 Å². The average molecular weight is 376 g/mol. The second-order valence-electron chi connectivity index (χ2n) is 6.61. The molecule has 3 rings (SSSR count). The highest BCUT2D eigenvalue weighted by molar-refractivity contribution is 5.96. The highest BCUT2D eigenvalue weighted by atomic mass is 19.2. The van der Waals surface area contributed by atoms with Gasteiger partial charge in [0.25, 0.3) is 0 Å². The lowest BCUT2D eigenvalue weighted by molar-refractivity contribution is -0.128. The van der Waals surface area contributed by atoms with Crippen molar-refractivity contribution in [1.29, 1.82) is 0 Å². The van der Waals surface area contributed by atoms with Crippen molar-refractivity contribution in [3.05, 3.63) is 65.5 Å². The Morgan fingerprint density at radius 2 is 1.59 bits per heavy atom. The number of carbonyl (C=O) groups excluding carboxylic acids is 2. The van der Waals surface area contributed by atoms with Gasteiger partial charge >= 0.3 is 0 Å². The van der Waals surface area contributed by atoms with Crippen LogP contribution in [0.1, 0.15) is 31.2 Å². The summed E-state index contributed by atoms with van der Waals surface area (Å²) in [4.78, 5) is 24.8. The molecule has 4 nitrogen and oxygen atoms in total. The number of nitrogens with one attached hydrogen (secondary N) is 2. The van der Waals surface area contributed by atoms with Gasteiger partial charge in [0.05, 0.1) is 17.6 Å². The minimum absolute atomic E-state index is 0.271. The number of anilines is 1. The van der Waals surface area contributed by atoms with Crippen LogP contribution in [0.15, 0.2) is 42.5 Å². The molecule has 0 unspecified atom stereocenters. The molecule has 2 amide bonds. The third kappa shape index (κ3) is 3.82. The normalized spacial score (nSPS) is 15.4. The van der Waals surface area contributed by atoms with Crippen molar-refractivity contribution < 1.29 is 22.8 Å². The first-order valence-corrected chi connectivity index (χ1v) is 8.71. The SMILES string of the molecule is O=C(CNC(=O)C1(c2ccccc2)CCCC1)Nc1ccc(F)c(F)c1F. The zero-order valence-corrected chi connectivity index (χ0v) is 14.5. The molecular formula is C20H19F3N2O2. The van der Waals surface area contributed by atoms with Crippen molar-refractivity contribution in [2.45, 2.75) is 31.1 Å². The van der Waals surface area contributed by atoms with Crippen LogP contribution in [0.25, 0.3) is 0 Å². The zero-order valence-electron chi connectivity index (χ0n) is 14.5.